The van der Waals surface area contributed by atoms with Crippen LogP contribution in [0.1, 0.15) is 31.5 Å². The predicted octanol–water partition coefficient (Wildman–Crippen LogP) is 4.65. The van der Waals surface area contributed by atoms with E-state index in [0.29, 0.717) is 5.02 Å². The van der Waals surface area contributed by atoms with Crippen molar-refractivity contribution in [3.05, 3.63) is 46.6 Å². The van der Waals surface area contributed by atoms with Gasteiger partial charge in [0.05, 0.1) is 5.69 Å². The molecule has 3 nitrogen and oxygen atoms in total. The van der Waals surface area contributed by atoms with Crippen molar-refractivity contribution in [2.75, 3.05) is 13.1 Å². The summed E-state index contributed by atoms with van der Waals surface area (Å²) < 4.78 is 0. The fraction of sp³-hybridized carbons (Fsp3) is 0.389. The molecule has 0 fully saturated rings. The van der Waals surface area contributed by atoms with Crippen LogP contribution in [0.4, 0.5) is 0 Å². The van der Waals surface area contributed by atoms with Crippen LogP contribution in [0, 0.1) is 6.92 Å². The SMILES string of the molecule is CCCN(CC)Cc1cc(C)nc(-c2cc(O)cc(Cl)c2)c1. The zero-order valence-corrected chi connectivity index (χ0v) is 14.2. The zero-order valence-electron chi connectivity index (χ0n) is 13.4. The molecular weight excluding hydrogens is 296 g/mol. The van der Waals surface area contributed by atoms with E-state index in [-0.39, 0.29) is 5.75 Å². The number of benzene rings is 1. The van der Waals surface area contributed by atoms with Gasteiger partial charge in [0.15, 0.2) is 0 Å². The maximum absolute atomic E-state index is 9.73. The van der Waals surface area contributed by atoms with E-state index in [1.165, 1.54) is 11.6 Å². The summed E-state index contributed by atoms with van der Waals surface area (Å²) in [6, 6.07) is 9.25. The molecule has 0 saturated heterocycles. The Hall–Kier alpha value is -1.58. The lowest BCUT2D eigenvalue weighted by atomic mass is 10.1. The number of pyridine rings is 1. The standard InChI is InChI=1S/C18H23ClN2O/c1-4-6-21(5-2)12-14-7-13(3)20-18(8-14)15-9-16(19)11-17(22)10-15/h7-11,22H,4-6,12H2,1-3H3. The average molecular weight is 319 g/mol. The Bertz CT molecular complexity index is 623. The van der Waals surface area contributed by atoms with Crippen LogP contribution in [0.15, 0.2) is 30.3 Å². The molecule has 0 aliphatic heterocycles. The van der Waals surface area contributed by atoms with Crippen LogP contribution in [-0.4, -0.2) is 28.1 Å². The van der Waals surface area contributed by atoms with Gasteiger partial charge < -0.3 is 5.11 Å². The number of aryl methyl sites for hydroxylation is 1. The van der Waals surface area contributed by atoms with Gasteiger partial charge >= 0.3 is 0 Å². The third-order valence-electron chi connectivity index (χ3n) is 3.58. The number of aromatic nitrogens is 1. The number of halogens is 1. The van der Waals surface area contributed by atoms with Crippen LogP contribution in [0.5, 0.6) is 5.75 Å². The molecule has 0 aliphatic rings. The number of aromatic hydroxyl groups is 1. The van der Waals surface area contributed by atoms with Crippen molar-refractivity contribution in [3.8, 4) is 17.0 Å². The molecule has 2 aromatic rings. The Kier molecular flexibility index (Phi) is 5.81. The highest BCUT2D eigenvalue weighted by Gasteiger charge is 2.08. The van der Waals surface area contributed by atoms with Crippen LogP contribution >= 0.6 is 11.6 Å². The Morgan fingerprint density at radius 3 is 2.55 bits per heavy atom. The molecule has 0 amide bonds. The number of nitrogens with zero attached hydrogens (tertiary/aromatic N) is 2. The lowest BCUT2D eigenvalue weighted by Gasteiger charge is -2.20. The van der Waals surface area contributed by atoms with Crippen molar-refractivity contribution in [2.45, 2.75) is 33.7 Å². The number of hydrogen-bond donors (Lipinski definition) is 1. The summed E-state index contributed by atoms with van der Waals surface area (Å²) in [6.07, 6.45) is 1.15. The topological polar surface area (TPSA) is 36.4 Å². The maximum Gasteiger partial charge on any atom is 0.117 e. The van der Waals surface area contributed by atoms with Crippen LogP contribution in [0.25, 0.3) is 11.3 Å². The van der Waals surface area contributed by atoms with Gasteiger partial charge in [0.2, 0.25) is 0 Å². The van der Waals surface area contributed by atoms with Crippen molar-refractivity contribution in [1.82, 2.24) is 9.88 Å². The van der Waals surface area contributed by atoms with Gasteiger partial charge in [0.25, 0.3) is 0 Å². The molecule has 2 rings (SSSR count). The molecule has 0 spiro atoms. The lowest BCUT2D eigenvalue weighted by molar-refractivity contribution is 0.280. The molecule has 1 heterocycles. The van der Waals surface area contributed by atoms with Crippen molar-refractivity contribution in [2.24, 2.45) is 0 Å². The van der Waals surface area contributed by atoms with Gasteiger partial charge in [-0.05, 0) is 62.3 Å². The summed E-state index contributed by atoms with van der Waals surface area (Å²) in [5.74, 6) is 0.161. The molecule has 0 unspecified atom stereocenters. The first-order valence-electron chi connectivity index (χ1n) is 7.71. The van der Waals surface area contributed by atoms with E-state index in [9.17, 15) is 5.11 Å². The fourth-order valence-electron chi connectivity index (χ4n) is 2.62. The van der Waals surface area contributed by atoms with Crippen molar-refractivity contribution >= 4 is 11.6 Å². The summed E-state index contributed by atoms with van der Waals surface area (Å²) in [7, 11) is 0. The summed E-state index contributed by atoms with van der Waals surface area (Å²) in [5, 5.41) is 10.2. The first-order chi connectivity index (χ1) is 10.5. The largest absolute Gasteiger partial charge is 0.508 e. The summed E-state index contributed by atoms with van der Waals surface area (Å²) in [5.41, 5.74) is 3.89. The zero-order chi connectivity index (χ0) is 16.1. The second kappa shape index (κ2) is 7.61. The first-order valence-corrected chi connectivity index (χ1v) is 8.09. The third kappa shape index (κ3) is 4.46. The molecule has 0 atom stereocenters. The van der Waals surface area contributed by atoms with Crippen molar-refractivity contribution in [3.63, 3.8) is 0 Å². The second-order valence-electron chi connectivity index (χ2n) is 5.57. The molecular formula is C18H23ClN2O. The summed E-state index contributed by atoms with van der Waals surface area (Å²) in [6.45, 7) is 9.40. The number of phenolic OH excluding ortho intramolecular Hbond substituents is 1. The monoisotopic (exact) mass is 318 g/mol. The molecule has 0 aliphatic carbocycles. The molecule has 1 aromatic heterocycles. The number of rotatable bonds is 6. The van der Waals surface area contributed by atoms with Gasteiger partial charge in [0, 0.05) is 22.8 Å². The molecule has 1 N–H and O–H groups in total. The van der Waals surface area contributed by atoms with E-state index in [2.05, 4.69) is 35.9 Å². The Morgan fingerprint density at radius 1 is 1.14 bits per heavy atom. The molecule has 22 heavy (non-hydrogen) atoms. The van der Waals surface area contributed by atoms with Crippen LogP contribution < -0.4 is 0 Å². The lowest BCUT2D eigenvalue weighted by Crippen LogP contribution is -2.23. The fourth-order valence-corrected chi connectivity index (χ4v) is 2.85. The summed E-state index contributed by atoms with van der Waals surface area (Å²) >= 11 is 6.03. The highest BCUT2D eigenvalue weighted by molar-refractivity contribution is 6.31. The summed E-state index contributed by atoms with van der Waals surface area (Å²) in [4.78, 5) is 6.99. The van der Waals surface area contributed by atoms with E-state index in [1.54, 1.807) is 6.07 Å². The third-order valence-corrected chi connectivity index (χ3v) is 3.80. The first kappa shape index (κ1) is 16.8. The maximum atomic E-state index is 9.73. The Morgan fingerprint density at radius 2 is 1.91 bits per heavy atom. The van der Waals surface area contributed by atoms with E-state index in [1.807, 2.05) is 13.0 Å². The molecule has 0 bridgehead atoms. The highest BCUT2D eigenvalue weighted by Crippen LogP contribution is 2.27. The van der Waals surface area contributed by atoms with Gasteiger partial charge in [-0.3, -0.25) is 9.88 Å². The smallest absolute Gasteiger partial charge is 0.117 e. The molecule has 0 saturated carbocycles. The number of phenols is 1. The average Bonchev–Trinajstić information content (AvgIpc) is 2.45. The van der Waals surface area contributed by atoms with E-state index in [0.717, 1.165) is 43.0 Å². The van der Waals surface area contributed by atoms with Gasteiger partial charge in [-0.25, -0.2) is 0 Å². The van der Waals surface area contributed by atoms with Crippen LogP contribution in [0.2, 0.25) is 5.02 Å². The normalized spacial score (nSPS) is 11.1. The molecule has 118 valence electrons. The van der Waals surface area contributed by atoms with Crippen LogP contribution in [0.3, 0.4) is 0 Å². The Labute approximate surface area is 137 Å². The quantitative estimate of drug-likeness (QED) is 0.842. The van der Waals surface area contributed by atoms with Crippen LogP contribution in [-0.2, 0) is 6.54 Å². The molecule has 0 radical (unpaired) electrons. The number of hydrogen-bond acceptors (Lipinski definition) is 3. The van der Waals surface area contributed by atoms with Gasteiger partial charge in [-0.1, -0.05) is 25.4 Å². The minimum atomic E-state index is 0.161. The van der Waals surface area contributed by atoms with E-state index < -0.39 is 0 Å². The second-order valence-corrected chi connectivity index (χ2v) is 6.01. The predicted molar refractivity (Wildman–Crippen MR) is 92.3 cm³/mol. The molecule has 1 aromatic carbocycles. The minimum absolute atomic E-state index is 0.161. The van der Waals surface area contributed by atoms with Crippen molar-refractivity contribution in [1.29, 1.82) is 0 Å². The Balaban J connectivity index is 2.33. The minimum Gasteiger partial charge on any atom is -0.508 e. The van der Waals surface area contributed by atoms with Gasteiger partial charge in [0.1, 0.15) is 5.75 Å². The highest BCUT2D eigenvalue weighted by atomic mass is 35.5. The van der Waals surface area contributed by atoms with Crippen molar-refractivity contribution < 1.29 is 5.11 Å². The van der Waals surface area contributed by atoms with Gasteiger partial charge in [-0.15, -0.1) is 0 Å². The van der Waals surface area contributed by atoms with Gasteiger partial charge in [-0.2, -0.15) is 0 Å². The van der Waals surface area contributed by atoms with E-state index in [4.69, 9.17) is 11.6 Å². The molecule has 4 heteroatoms. The van der Waals surface area contributed by atoms with E-state index >= 15 is 0 Å².